The Morgan fingerprint density at radius 2 is 1.41 bits per heavy atom. The van der Waals surface area contributed by atoms with Crippen LogP contribution in [0.15, 0.2) is 91.5 Å². The van der Waals surface area contributed by atoms with Crippen LogP contribution in [0.3, 0.4) is 0 Å². The molecule has 258 valence electrons. The molecule has 11 nitrogen and oxygen atoms in total. The molecule has 3 aromatic carbocycles. The Bertz CT molecular complexity index is 1810. The van der Waals surface area contributed by atoms with Crippen LogP contribution in [0, 0.1) is 0 Å². The zero-order valence-corrected chi connectivity index (χ0v) is 30.0. The van der Waals surface area contributed by atoms with Crippen molar-refractivity contribution in [2.24, 2.45) is 0 Å². The number of nitrogen functional groups attached to an aromatic ring is 1. The number of aliphatic hydroxyl groups is 1. The number of benzene rings is 3. The Hall–Kier alpha value is -4.33. The van der Waals surface area contributed by atoms with Crippen LogP contribution in [-0.2, 0) is 19.5 Å². The number of ether oxygens (including phenoxy) is 4. The summed E-state index contributed by atoms with van der Waals surface area (Å²) in [6.45, 7) is 10.8. The maximum absolute atomic E-state index is 12.1. The van der Waals surface area contributed by atoms with E-state index in [9.17, 15) is 5.11 Å². The summed E-state index contributed by atoms with van der Waals surface area (Å²) in [5.74, 6) is 1.71. The maximum Gasteiger partial charge on any atom is 0.192 e. The smallest absolute Gasteiger partial charge is 0.192 e. The van der Waals surface area contributed by atoms with Crippen LogP contribution in [0.2, 0.25) is 18.1 Å². The highest BCUT2D eigenvalue weighted by atomic mass is 28.4. The van der Waals surface area contributed by atoms with Gasteiger partial charge >= 0.3 is 0 Å². The minimum Gasteiger partial charge on any atom is -0.497 e. The van der Waals surface area contributed by atoms with Crippen molar-refractivity contribution >= 4 is 25.3 Å². The van der Waals surface area contributed by atoms with E-state index >= 15 is 0 Å². The summed E-state index contributed by atoms with van der Waals surface area (Å²) in [6, 6.07) is 25.7. The lowest BCUT2D eigenvalue weighted by molar-refractivity contribution is -0.0940. The third-order valence-corrected chi connectivity index (χ3v) is 14.3. The Morgan fingerprint density at radius 1 is 0.837 bits per heavy atom. The first-order valence-electron chi connectivity index (χ1n) is 16.3. The minimum atomic E-state index is -2.41. The first-order valence-corrected chi connectivity index (χ1v) is 19.2. The number of hydrogen-bond acceptors (Lipinski definition) is 10. The Labute approximate surface area is 288 Å². The maximum atomic E-state index is 12.1. The largest absolute Gasteiger partial charge is 0.497 e. The van der Waals surface area contributed by atoms with Crippen LogP contribution in [0.4, 0.5) is 5.82 Å². The molecule has 2 aromatic heterocycles. The van der Waals surface area contributed by atoms with E-state index in [1.54, 1.807) is 25.1 Å². The molecule has 0 saturated carbocycles. The van der Waals surface area contributed by atoms with Gasteiger partial charge in [-0.05, 0) is 59.1 Å². The van der Waals surface area contributed by atoms with E-state index in [2.05, 4.69) is 48.8 Å². The fourth-order valence-electron chi connectivity index (χ4n) is 6.06. The molecule has 1 aliphatic heterocycles. The third-order valence-electron chi connectivity index (χ3n) is 9.85. The lowest BCUT2D eigenvalue weighted by Gasteiger charge is -2.40. The minimum absolute atomic E-state index is 0.0196. The van der Waals surface area contributed by atoms with Gasteiger partial charge in [0, 0.05) is 0 Å². The highest BCUT2D eigenvalue weighted by molar-refractivity contribution is 6.74. The van der Waals surface area contributed by atoms with Crippen molar-refractivity contribution in [3.63, 3.8) is 0 Å². The molecule has 3 heterocycles. The normalized spacial score (nSPS) is 20.1. The molecule has 4 unspecified atom stereocenters. The number of anilines is 1. The molecule has 1 saturated heterocycles. The topological polar surface area (TPSA) is 136 Å². The van der Waals surface area contributed by atoms with Crippen LogP contribution in [-0.4, -0.2) is 72.1 Å². The molecule has 12 heteroatoms. The number of methoxy groups -OCH3 is 2. The van der Waals surface area contributed by atoms with Crippen molar-refractivity contribution in [3.05, 3.63) is 108 Å². The Balaban J connectivity index is 1.43. The highest BCUT2D eigenvalue weighted by Crippen LogP contribution is 2.45. The monoisotopic (exact) mass is 683 g/mol. The summed E-state index contributed by atoms with van der Waals surface area (Å²) < 4.78 is 33.5. The summed E-state index contributed by atoms with van der Waals surface area (Å²) in [4.78, 5) is 13.0. The summed E-state index contributed by atoms with van der Waals surface area (Å²) >= 11 is 0. The molecule has 0 aliphatic carbocycles. The summed E-state index contributed by atoms with van der Waals surface area (Å²) in [5.41, 5.74) is 8.62. The summed E-state index contributed by atoms with van der Waals surface area (Å²) in [5, 5.41) is 12.0. The molecule has 6 rings (SSSR count). The quantitative estimate of drug-likeness (QED) is 0.125. The van der Waals surface area contributed by atoms with E-state index in [1.807, 2.05) is 78.9 Å². The van der Waals surface area contributed by atoms with Crippen molar-refractivity contribution in [1.29, 1.82) is 0 Å². The van der Waals surface area contributed by atoms with Gasteiger partial charge in [-0.25, -0.2) is 15.0 Å². The molecule has 0 radical (unpaired) electrons. The summed E-state index contributed by atoms with van der Waals surface area (Å²) in [6.07, 6.45) is -0.321. The van der Waals surface area contributed by atoms with Crippen molar-refractivity contribution in [3.8, 4) is 11.5 Å². The van der Waals surface area contributed by atoms with Crippen LogP contribution in [0.5, 0.6) is 11.5 Å². The Morgan fingerprint density at radius 3 is 1.96 bits per heavy atom. The van der Waals surface area contributed by atoms with Crippen LogP contribution < -0.4 is 15.2 Å². The van der Waals surface area contributed by atoms with Gasteiger partial charge in [-0.3, -0.25) is 4.57 Å². The molecule has 1 fully saturated rings. The fourth-order valence-corrected chi connectivity index (χ4v) is 7.35. The average molecular weight is 684 g/mol. The molecule has 0 spiro atoms. The lowest BCUT2D eigenvalue weighted by Crippen LogP contribution is -2.49. The second-order valence-corrected chi connectivity index (χ2v) is 18.6. The van der Waals surface area contributed by atoms with Gasteiger partial charge in [0.25, 0.3) is 0 Å². The predicted molar refractivity (Wildman–Crippen MR) is 190 cm³/mol. The molecule has 4 atom stereocenters. The van der Waals surface area contributed by atoms with Gasteiger partial charge in [0.15, 0.2) is 26.0 Å². The number of nitrogens with two attached hydrogens (primary N) is 1. The fraction of sp³-hybridized carbons (Fsp3) is 0.378. The zero-order chi connectivity index (χ0) is 35.0. The third kappa shape index (κ3) is 6.42. The first kappa shape index (κ1) is 34.5. The second-order valence-electron chi connectivity index (χ2n) is 13.8. The van der Waals surface area contributed by atoms with E-state index in [0.29, 0.717) is 11.2 Å². The van der Waals surface area contributed by atoms with E-state index in [-0.39, 0.29) is 17.5 Å². The molecular formula is C37H45N5O6Si. The van der Waals surface area contributed by atoms with E-state index in [1.165, 1.54) is 6.33 Å². The number of nitrogens with zero attached hydrogens (tertiary/aromatic N) is 4. The van der Waals surface area contributed by atoms with Crippen molar-refractivity contribution in [2.75, 3.05) is 26.6 Å². The second kappa shape index (κ2) is 13.5. The summed E-state index contributed by atoms with van der Waals surface area (Å²) in [7, 11) is 0.874. The zero-order valence-electron chi connectivity index (χ0n) is 29.0. The van der Waals surface area contributed by atoms with Gasteiger partial charge < -0.3 is 34.2 Å². The molecule has 5 aromatic rings. The number of fused-ring (bicyclic) bond motifs is 1. The van der Waals surface area contributed by atoms with E-state index < -0.39 is 38.5 Å². The van der Waals surface area contributed by atoms with Crippen LogP contribution >= 0.6 is 0 Å². The van der Waals surface area contributed by atoms with Crippen LogP contribution in [0.25, 0.3) is 11.2 Å². The van der Waals surface area contributed by atoms with Gasteiger partial charge in [-0.1, -0.05) is 75.4 Å². The first-order chi connectivity index (χ1) is 23.4. The molecule has 49 heavy (non-hydrogen) atoms. The predicted octanol–water partition coefficient (Wildman–Crippen LogP) is 6.08. The van der Waals surface area contributed by atoms with E-state index in [0.717, 1.165) is 28.2 Å². The van der Waals surface area contributed by atoms with Crippen molar-refractivity contribution in [1.82, 2.24) is 19.5 Å². The molecule has 0 bridgehead atoms. The molecular weight excluding hydrogens is 639 g/mol. The molecule has 0 amide bonds. The van der Waals surface area contributed by atoms with Gasteiger partial charge in [0.2, 0.25) is 0 Å². The molecule has 1 aliphatic rings. The van der Waals surface area contributed by atoms with Gasteiger partial charge in [0.05, 0.1) is 27.2 Å². The number of aromatic nitrogens is 4. The van der Waals surface area contributed by atoms with E-state index in [4.69, 9.17) is 29.1 Å². The Kier molecular flexibility index (Phi) is 9.53. The van der Waals surface area contributed by atoms with Gasteiger partial charge in [0.1, 0.15) is 47.3 Å². The number of imidazole rings is 1. The van der Waals surface area contributed by atoms with Crippen LogP contribution in [0.1, 0.15) is 43.7 Å². The molecule has 3 N–H and O–H groups in total. The van der Waals surface area contributed by atoms with Crippen molar-refractivity contribution < 1.29 is 28.5 Å². The van der Waals surface area contributed by atoms with Gasteiger partial charge in [-0.2, -0.15) is 0 Å². The average Bonchev–Trinajstić information content (AvgIpc) is 3.66. The number of hydrogen-bond donors (Lipinski definition) is 2. The number of aliphatic hydroxyl groups excluding tert-OH is 1. The highest BCUT2D eigenvalue weighted by Gasteiger charge is 2.52. The SMILES string of the molecule is COc1ccc(C(OCC2OC(n3cnc4c(N)ncnc43)C(O[Si](C)(C)C(C)(C)C)C2O)(c2ccccc2)c2ccc(OC)cc2)cc1. The number of rotatable bonds is 11. The lowest BCUT2D eigenvalue weighted by atomic mass is 9.80. The standard InChI is InChI=1S/C37H45N5O6Si/c1-36(2,3)49(6,7)48-32-31(43)29(47-35(32)42-23-41-30-33(38)39-22-40-34(30)42)21-46-37(24-11-9-8-10-12-24,25-13-17-27(44-4)18-14-25)26-15-19-28(45-5)20-16-26/h8-20,22-23,29,31-32,35,43H,21H2,1-7H3,(H2,38,39,40). The van der Waals surface area contributed by atoms with Crippen molar-refractivity contribution in [2.45, 2.75) is 69.0 Å². The van der Waals surface area contributed by atoms with Gasteiger partial charge in [-0.15, -0.1) is 0 Å².